The number of carboxylic acid groups (broad SMARTS) is 1. The van der Waals surface area contributed by atoms with Crippen LogP contribution in [0.2, 0.25) is 0 Å². The smallest absolute Gasteiger partial charge is 0.306 e. The number of hydrogen-bond donors (Lipinski definition) is 1. The second-order valence-electron chi connectivity index (χ2n) is 9.57. The maximum atomic E-state index is 11.9. The highest BCUT2D eigenvalue weighted by atomic mass is 16.5. The fraction of sp³-hybridized carbons (Fsp3) is 0.929. The van der Waals surface area contributed by atoms with E-state index in [-0.39, 0.29) is 18.5 Å². The molecule has 0 amide bonds. The predicted octanol–water partition coefficient (Wildman–Crippen LogP) is 8.99. The van der Waals surface area contributed by atoms with Crippen LogP contribution in [0, 0.1) is 0 Å². The highest BCUT2D eigenvalue weighted by molar-refractivity contribution is 5.69. The third kappa shape index (κ3) is 23.6. The Morgan fingerprint density at radius 3 is 1.38 bits per heavy atom. The molecule has 0 heterocycles. The van der Waals surface area contributed by atoms with Crippen molar-refractivity contribution in [2.45, 2.75) is 168 Å². The molecule has 0 saturated heterocycles. The van der Waals surface area contributed by atoms with Crippen LogP contribution in [0.5, 0.6) is 0 Å². The standard InChI is InChI=1S/C28H54O4/c1-3-5-6-7-8-9-10-11-12-13-14-15-16-17-18-19-20-21-25-28(31)32-26(4-2)23-22-24-27(29)30/h26H,3-25H2,1-2H3,(H,29,30). The Bertz CT molecular complexity index is 422. The minimum Gasteiger partial charge on any atom is -0.481 e. The Balaban J connectivity index is 3.31. The first-order valence-electron chi connectivity index (χ1n) is 14.0. The summed E-state index contributed by atoms with van der Waals surface area (Å²) in [4.78, 5) is 22.5. The number of carbonyl (C=O) groups is 2. The van der Waals surface area contributed by atoms with Crippen LogP contribution >= 0.6 is 0 Å². The van der Waals surface area contributed by atoms with Gasteiger partial charge < -0.3 is 9.84 Å². The quantitative estimate of drug-likeness (QED) is 0.110. The molecule has 1 N–H and O–H groups in total. The predicted molar refractivity (Wildman–Crippen MR) is 135 cm³/mol. The van der Waals surface area contributed by atoms with Gasteiger partial charge in [-0.3, -0.25) is 9.59 Å². The van der Waals surface area contributed by atoms with Gasteiger partial charge in [0.25, 0.3) is 0 Å². The summed E-state index contributed by atoms with van der Waals surface area (Å²) in [7, 11) is 0. The van der Waals surface area contributed by atoms with Crippen LogP contribution < -0.4 is 0 Å². The zero-order valence-electron chi connectivity index (χ0n) is 21.5. The van der Waals surface area contributed by atoms with Gasteiger partial charge in [0.1, 0.15) is 6.10 Å². The van der Waals surface area contributed by atoms with E-state index in [0.717, 1.165) is 19.3 Å². The van der Waals surface area contributed by atoms with Gasteiger partial charge in [0.05, 0.1) is 0 Å². The van der Waals surface area contributed by atoms with Crippen LogP contribution in [-0.4, -0.2) is 23.1 Å². The Morgan fingerprint density at radius 2 is 1.00 bits per heavy atom. The molecule has 0 aliphatic rings. The van der Waals surface area contributed by atoms with Crippen molar-refractivity contribution in [3.63, 3.8) is 0 Å². The molecular formula is C28H54O4. The molecule has 4 heteroatoms. The maximum absolute atomic E-state index is 11.9. The normalized spacial score (nSPS) is 12.1. The molecule has 32 heavy (non-hydrogen) atoms. The molecule has 0 fully saturated rings. The van der Waals surface area contributed by atoms with Gasteiger partial charge in [-0.1, -0.05) is 123 Å². The van der Waals surface area contributed by atoms with Gasteiger partial charge in [-0.15, -0.1) is 0 Å². The topological polar surface area (TPSA) is 63.6 Å². The number of carbonyl (C=O) groups excluding carboxylic acids is 1. The van der Waals surface area contributed by atoms with Crippen LogP contribution in [0.25, 0.3) is 0 Å². The van der Waals surface area contributed by atoms with E-state index in [1.165, 1.54) is 103 Å². The van der Waals surface area contributed by atoms with E-state index in [2.05, 4.69) is 6.92 Å². The summed E-state index contributed by atoms with van der Waals surface area (Å²) >= 11 is 0. The lowest BCUT2D eigenvalue weighted by molar-refractivity contribution is -0.149. The number of hydrogen-bond acceptors (Lipinski definition) is 3. The molecule has 0 rings (SSSR count). The molecule has 1 unspecified atom stereocenters. The molecule has 0 saturated carbocycles. The SMILES string of the molecule is CCCCCCCCCCCCCCCCCCCCC(=O)OC(CC)CCCC(=O)O. The van der Waals surface area contributed by atoms with E-state index >= 15 is 0 Å². The molecular weight excluding hydrogens is 400 g/mol. The van der Waals surface area contributed by atoms with Crippen molar-refractivity contribution in [3.05, 3.63) is 0 Å². The lowest BCUT2D eigenvalue weighted by Gasteiger charge is -2.15. The van der Waals surface area contributed by atoms with Crippen molar-refractivity contribution >= 4 is 11.9 Å². The third-order valence-corrected chi connectivity index (χ3v) is 6.40. The van der Waals surface area contributed by atoms with Crippen molar-refractivity contribution in [3.8, 4) is 0 Å². The van der Waals surface area contributed by atoms with E-state index in [1.54, 1.807) is 0 Å². The summed E-state index contributed by atoms with van der Waals surface area (Å²) in [6.45, 7) is 4.26. The molecule has 0 bridgehead atoms. The van der Waals surface area contributed by atoms with Gasteiger partial charge in [-0.25, -0.2) is 0 Å². The van der Waals surface area contributed by atoms with Gasteiger partial charge in [0, 0.05) is 12.8 Å². The summed E-state index contributed by atoms with van der Waals surface area (Å²) in [6.07, 6.45) is 26.6. The summed E-state index contributed by atoms with van der Waals surface area (Å²) in [5.41, 5.74) is 0. The molecule has 0 aliphatic heterocycles. The van der Waals surface area contributed by atoms with Crippen LogP contribution in [0.1, 0.15) is 162 Å². The highest BCUT2D eigenvalue weighted by Gasteiger charge is 2.12. The summed E-state index contributed by atoms with van der Waals surface area (Å²) < 4.78 is 5.48. The first kappa shape index (κ1) is 30.9. The number of ether oxygens (including phenoxy) is 1. The number of esters is 1. The Labute approximate surface area is 199 Å². The molecule has 4 nitrogen and oxygen atoms in total. The first-order chi connectivity index (χ1) is 15.6. The lowest BCUT2D eigenvalue weighted by atomic mass is 10.0. The van der Waals surface area contributed by atoms with Crippen LogP contribution in [0.3, 0.4) is 0 Å². The molecule has 0 aromatic carbocycles. The van der Waals surface area contributed by atoms with Gasteiger partial charge >= 0.3 is 11.9 Å². The second kappa shape index (κ2) is 24.6. The van der Waals surface area contributed by atoms with Crippen LogP contribution in [0.4, 0.5) is 0 Å². The minimum absolute atomic E-state index is 0.122. The number of aliphatic carboxylic acids is 1. The van der Waals surface area contributed by atoms with Gasteiger partial charge in [-0.05, 0) is 25.7 Å². The average Bonchev–Trinajstić information content (AvgIpc) is 2.77. The fourth-order valence-electron chi connectivity index (χ4n) is 4.24. The number of rotatable bonds is 25. The van der Waals surface area contributed by atoms with E-state index < -0.39 is 5.97 Å². The molecule has 0 spiro atoms. The third-order valence-electron chi connectivity index (χ3n) is 6.40. The van der Waals surface area contributed by atoms with Gasteiger partial charge in [0.2, 0.25) is 0 Å². The monoisotopic (exact) mass is 454 g/mol. The van der Waals surface area contributed by atoms with E-state index in [4.69, 9.17) is 9.84 Å². The van der Waals surface area contributed by atoms with Crippen molar-refractivity contribution in [2.75, 3.05) is 0 Å². The first-order valence-corrected chi connectivity index (χ1v) is 14.0. The minimum atomic E-state index is -0.787. The van der Waals surface area contributed by atoms with Crippen molar-refractivity contribution in [2.24, 2.45) is 0 Å². The number of carboxylic acids is 1. The molecule has 0 aliphatic carbocycles. The van der Waals surface area contributed by atoms with Gasteiger partial charge in [-0.2, -0.15) is 0 Å². The maximum Gasteiger partial charge on any atom is 0.306 e. The zero-order chi connectivity index (χ0) is 23.7. The Kier molecular flexibility index (Phi) is 23.8. The van der Waals surface area contributed by atoms with Crippen molar-refractivity contribution < 1.29 is 19.4 Å². The number of unbranched alkanes of at least 4 members (excludes halogenated alkanes) is 17. The summed E-state index contributed by atoms with van der Waals surface area (Å²) in [5, 5.41) is 8.69. The van der Waals surface area contributed by atoms with Crippen LogP contribution in [-0.2, 0) is 14.3 Å². The van der Waals surface area contributed by atoms with E-state index in [9.17, 15) is 9.59 Å². The Hall–Kier alpha value is -1.06. The molecule has 0 aromatic heterocycles. The largest absolute Gasteiger partial charge is 0.481 e. The van der Waals surface area contributed by atoms with E-state index in [1.807, 2.05) is 6.92 Å². The molecule has 190 valence electrons. The highest BCUT2D eigenvalue weighted by Crippen LogP contribution is 2.15. The summed E-state index contributed by atoms with van der Waals surface area (Å²) in [5.74, 6) is -0.909. The van der Waals surface area contributed by atoms with Crippen molar-refractivity contribution in [1.82, 2.24) is 0 Å². The molecule has 0 aromatic rings. The van der Waals surface area contributed by atoms with E-state index in [0.29, 0.717) is 19.3 Å². The molecule has 1 atom stereocenters. The molecule has 0 radical (unpaired) electrons. The fourth-order valence-corrected chi connectivity index (χ4v) is 4.24. The van der Waals surface area contributed by atoms with Crippen LogP contribution in [0.15, 0.2) is 0 Å². The zero-order valence-corrected chi connectivity index (χ0v) is 21.5. The second-order valence-corrected chi connectivity index (χ2v) is 9.57. The Morgan fingerprint density at radius 1 is 0.594 bits per heavy atom. The lowest BCUT2D eigenvalue weighted by Crippen LogP contribution is -2.17. The van der Waals surface area contributed by atoms with Crippen molar-refractivity contribution in [1.29, 1.82) is 0 Å². The average molecular weight is 455 g/mol. The summed E-state index contributed by atoms with van der Waals surface area (Å²) in [6, 6.07) is 0. The van der Waals surface area contributed by atoms with Gasteiger partial charge in [0.15, 0.2) is 0 Å².